The van der Waals surface area contributed by atoms with Gasteiger partial charge in [-0.2, -0.15) is 4.98 Å². The van der Waals surface area contributed by atoms with Gasteiger partial charge in [-0.25, -0.2) is 4.79 Å². The first-order valence-electron chi connectivity index (χ1n) is 6.54. The van der Waals surface area contributed by atoms with Gasteiger partial charge >= 0.3 is 5.97 Å². The SMILES string of the molecule is CC1OCCC1N(C)c1nc2ccc(C(=O)O)cc2o1. The molecule has 2 atom stereocenters. The molecule has 1 aromatic carbocycles. The lowest BCUT2D eigenvalue weighted by Gasteiger charge is -2.24. The number of aromatic carboxylic acids is 1. The number of oxazole rings is 1. The first-order valence-corrected chi connectivity index (χ1v) is 6.54. The lowest BCUT2D eigenvalue weighted by atomic mass is 10.1. The topological polar surface area (TPSA) is 75.8 Å². The number of nitrogens with zero attached hydrogens (tertiary/aromatic N) is 2. The maximum Gasteiger partial charge on any atom is 0.335 e. The van der Waals surface area contributed by atoms with Crippen LogP contribution in [0.15, 0.2) is 22.6 Å². The second kappa shape index (κ2) is 4.79. The molecule has 20 heavy (non-hydrogen) atoms. The van der Waals surface area contributed by atoms with Gasteiger partial charge in [0.25, 0.3) is 6.01 Å². The molecule has 1 fully saturated rings. The van der Waals surface area contributed by atoms with Crippen LogP contribution in [0.3, 0.4) is 0 Å². The lowest BCUT2D eigenvalue weighted by molar-refractivity contribution is 0.0697. The highest BCUT2D eigenvalue weighted by Crippen LogP contribution is 2.27. The summed E-state index contributed by atoms with van der Waals surface area (Å²) < 4.78 is 11.2. The van der Waals surface area contributed by atoms with Gasteiger partial charge in [0.2, 0.25) is 0 Å². The third-order valence-corrected chi connectivity index (χ3v) is 3.76. The van der Waals surface area contributed by atoms with Gasteiger partial charge in [-0.3, -0.25) is 0 Å². The Balaban J connectivity index is 1.94. The Morgan fingerprint density at radius 3 is 2.95 bits per heavy atom. The largest absolute Gasteiger partial charge is 0.478 e. The Kier molecular flexibility index (Phi) is 3.10. The van der Waals surface area contributed by atoms with E-state index in [0.717, 1.165) is 13.0 Å². The molecule has 1 saturated heterocycles. The van der Waals surface area contributed by atoms with Crippen molar-refractivity contribution in [3.8, 4) is 0 Å². The van der Waals surface area contributed by atoms with Crippen LogP contribution in [0.1, 0.15) is 23.7 Å². The summed E-state index contributed by atoms with van der Waals surface area (Å²) in [5.74, 6) is -0.976. The highest BCUT2D eigenvalue weighted by Gasteiger charge is 2.30. The minimum absolute atomic E-state index is 0.129. The van der Waals surface area contributed by atoms with Gasteiger partial charge in [0.1, 0.15) is 5.52 Å². The molecule has 1 aliphatic rings. The number of carboxylic acids is 1. The van der Waals surface area contributed by atoms with Crippen molar-refractivity contribution in [3.05, 3.63) is 23.8 Å². The van der Waals surface area contributed by atoms with Gasteiger partial charge < -0.3 is 19.2 Å². The van der Waals surface area contributed by atoms with Gasteiger partial charge in [-0.15, -0.1) is 0 Å². The van der Waals surface area contributed by atoms with Crippen LogP contribution in [-0.4, -0.2) is 41.9 Å². The molecule has 0 spiro atoms. The fourth-order valence-electron chi connectivity index (χ4n) is 2.57. The van der Waals surface area contributed by atoms with Gasteiger partial charge in [0.05, 0.1) is 17.7 Å². The van der Waals surface area contributed by atoms with E-state index < -0.39 is 5.97 Å². The highest BCUT2D eigenvalue weighted by molar-refractivity contribution is 5.92. The summed E-state index contributed by atoms with van der Waals surface area (Å²) in [5, 5.41) is 8.98. The van der Waals surface area contributed by atoms with Crippen molar-refractivity contribution in [2.24, 2.45) is 0 Å². The highest BCUT2D eigenvalue weighted by atomic mass is 16.5. The zero-order chi connectivity index (χ0) is 14.3. The Bertz CT molecular complexity index is 652. The van der Waals surface area contributed by atoms with Crippen LogP contribution in [0.2, 0.25) is 0 Å². The van der Waals surface area contributed by atoms with Crippen molar-refractivity contribution in [3.63, 3.8) is 0 Å². The Labute approximate surface area is 116 Å². The lowest BCUT2D eigenvalue weighted by Crippen LogP contribution is -2.36. The Morgan fingerprint density at radius 2 is 2.30 bits per heavy atom. The van der Waals surface area contributed by atoms with Crippen molar-refractivity contribution in [2.45, 2.75) is 25.5 Å². The fourth-order valence-corrected chi connectivity index (χ4v) is 2.57. The van der Waals surface area contributed by atoms with Crippen molar-refractivity contribution in [2.75, 3.05) is 18.6 Å². The number of fused-ring (bicyclic) bond motifs is 1. The van der Waals surface area contributed by atoms with Gasteiger partial charge in [0.15, 0.2) is 5.58 Å². The number of hydrogen-bond acceptors (Lipinski definition) is 5. The molecule has 0 radical (unpaired) electrons. The van der Waals surface area contributed by atoms with E-state index in [9.17, 15) is 4.79 Å². The third-order valence-electron chi connectivity index (χ3n) is 3.76. The van der Waals surface area contributed by atoms with Crippen LogP contribution in [0, 0.1) is 0 Å². The van der Waals surface area contributed by atoms with Crippen LogP contribution >= 0.6 is 0 Å². The van der Waals surface area contributed by atoms with E-state index in [1.807, 2.05) is 18.9 Å². The average molecular weight is 276 g/mol. The summed E-state index contributed by atoms with van der Waals surface area (Å²) in [5.41, 5.74) is 1.34. The molecule has 6 heteroatoms. The average Bonchev–Trinajstić information content (AvgIpc) is 3.02. The first-order chi connectivity index (χ1) is 9.56. The Hall–Kier alpha value is -2.08. The fraction of sp³-hybridized carbons (Fsp3) is 0.429. The van der Waals surface area contributed by atoms with E-state index in [4.69, 9.17) is 14.3 Å². The zero-order valence-electron chi connectivity index (χ0n) is 11.4. The number of ether oxygens (including phenoxy) is 1. The summed E-state index contributed by atoms with van der Waals surface area (Å²) in [6.07, 6.45) is 1.06. The second-order valence-corrected chi connectivity index (χ2v) is 5.03. The van der Waals surface area contributed by atoms with E-state index in [1.165, 1.54) is 12.1 Å². The van der Waals surface area contributed by atoms with E-state index in [1.54, 1.807) is 6.07 Å². The van der Waals surface area contributed by atoms with E-state index in [0.29, 0.717) is 17.1 Å². The number of hydrogen-bond donors (Lipinski definition) is 1. The van der Waals surface area contributed by atoms with Crippen LogP contribution in [0.25, 0.3) is 11.1 Å². The van der Waals surface area contributed by atoms with Gasteiger partial charge in [-0.05, 0) is 31.5 Å². The van der Waals surface area contributed by atoms with Crippen molar-refractivity contribution < 1.29 is 19.1 Å². The van der Waals surface area contributed by atoms with Crippen LogP contribution in [-0.2, 0) is 4.74 Å². The number of carbonyl (C=O) groups is 1. The van der Waals surface area contributed by atoms with Gasteiger partial charge in [-0.1, -0.05) is 0 Å². The van der Waals surface area contributed by atoms with Crippen LogP contribution in [0.5, 0.6) is 0 Å². The summed E-state index contributed by atoms with van der Waals surface area (Å²) in [4.78, 5) is 17.3. The first kappa shape index (κ1) is 12.9. The molecular formula is C14H16N2O4. The predicted octanol–water partition coefficient (Wildman–Crippen LogP) is 2.14. The third kappa shape index (κ3) is 2.12. The monoisotopic (exact) mass is 276 g/mol. The standard InChI is InChI=1S/C14H16N2O4/c1-8-11(5-6-19-8)16(2)14-15-10-4-3-9(13(17)18)7-12(10)20-14/h3-4,7-8,11H,5-6H2,1-2H3,(H,17,18). The molecule has 6 nitrogen and oxygen atoms in total. The number of likely N-dealkylation sites (N-methyl/N-ethyl adjacent to an activating group) is 1. The number of carboxylic acid groups (broad SMARTS) is 1. The molecule has 0 amide bonds. The maximum absolute atomic E-state index is 10.9. The number of rotatable bonds is 3. The molecule has 0 saturated carbocycles. The molecule has 1 N–H and O–H groups in total. The molecule has 2 aromatic rings. The molecule has 2 unspecified atom stereocenters. The molecule has 1 aliphatic heterocycles. The number of anilines is 1. The maximum atomic E-state index is 10.9. The molecule has 3 rings (SSSR count). The van der Waals surface area contributed by atoms with Gasteiger partial charge in [0, 0.05) is 13.7 Å². The van der Waals surface area contributed by atoms with Crippen LogP contribution in [0.4, 0.5) is 6.01 Å². The zero-order valence-corrected chi connectivity index (χ0v) is 11.4. The quantitative estimate of drug-likeness (QED) is 0.925. The molecule has 1 aromatic heterocycles. The summed E-state index contributed by atoms with van der Waals surface area (Å²) in [6, 6.07) is 5.40. The second-order valence-electron chi connectivity index (χ2n) is 5.03. The molecular weight excluding hydrogens is 260 g/mol. The van der Waals surface area contributed by atoms with E-state index >= 15 is 0 Å². The summed E-state index contributed by atoms with van der Waals surface area (Å²) in [6.45, 7) is 2.76. The number of aromatic nitrogens is 1. The van der Waals surface area contributed by atoms with Crippen molar-refractivity contribution >= 4 is 23.1 Å². The predicted molar refractivity (Wildman–Crippen MR) is 73.2 cm³/mol. The summed E-state index contributed by atoms with van der Waals surface area (Å²) in [7, 11) is 1.92. The number of benzene rings is 1. The Morgan fingerprint density at radius 1 is 1.50 bits per heavy atom. The molecule has 2 heterocycles. The minimum Gasteiger partial charge on any atom is -0.478 e. The van der Waals surface area contributed by atoms with Crippen LogP contribution < -0.4 is 4.90 Å². The smallest absolute Gasteiger partial charge is 0.335 e. The van der Waals surface area contributed by atoms with E-state index in [-0.39, 0.29) is 17.7 Å². The normalized spacial score (nSPS) is 22.3. The van der Waals surface area contributed by atoms with E-state index in [2.05, 4.69) is 4.98 Å². The molecule has 0 bridgehead atoms. The summed E-state index contributed by atoms with van der Waals surface area (Å²) >= 11 is 0. The molecule has 0 aliphatic carbocycles. The van der Waals surface area contributed by atoms with Crippen molar-refractivity contribution in [1.82, 2.24) is 4.98 Å². The van der Waals surface area contributed by atoms with Crippen molar-refractivity contribution in [1.29, 1.82) is 0 Å². The molecule has 106 valence electrons. The minimum atomic E-state index is -0.976.